The molecule has 0 aliphatic carbocycles. The molecule has 0 amide bonds. The van der Waals surface area contributed by atoms with Crippen LogP contribution in [-0.4, -0.2) is 16.6 Å². The summed E-state index contributed by atoms with van der Waals surface area (Å²) in [5.41, 5.74) is 3.78. The van der Waals surface area contributed by atoms with Gasteiger partial charge >= 0.3 is 0 Å². The van der Waals surface area contributed by atoms with Gasteiger partial charge in [-0.2, -0.15) is 5.26 Å². The maximum absolute atomic E-state index is 8.95. The molecule has 0 spiro atoms. The van der Waals surface area contributed by atoms with Crippen LogP contribution >= 0.6 is 0 Å². The third-order valence-corrected chi connectivity index (χ3v) is 3.91. The highest BCUT2D eigenvalue weighted by molar-refractivity contribution is 5.64. The van der Waals surface area contributed by atoms with Gasteiger partial charge in [0.05, 0.1) is 12.2 Å². The van der Waals surface area contributed by atoms with Crippen molar-refractivity contribution in [1.82, 2.24) is 9.97 Å². The first-order valence-corrected chi connectivity index (χ1v) is 8.32. The van der Waals surface area contributed by atoms with E-state index in [0.29, 0.717) is 12.2 Å². The number of nitrogens with zero attached hydrogens (tertiary/aromatic N) is 3. The molecular weight excluding hydrogens is 310 g/mol. The van der Waals surface area contributed by atoms with E-state index in [2.05, 4.69) is 22.1 Å². The Morgan fingerprint density at radius 1 is 0.920 bits per heavy atom. The number of aromatic nitrogens is 2. The minimum absolute atomic E-state index is 0.562. The Morgan fingerprint density at radius 3 is 2.56 bits per heavy atom. The second-order valence-electron chi connectivity index (χ2n) is 5.77. The monoisotopic (exact) mass is 329 g/mol. The maximum Gasteiger partial charge on any atom is 0.119 e. The highest BCUT2D eigenvalue weighted by atomic mass is 16.5. The standard InChI is InChI=1S/C21H19N3O/c22-13-18-12-20(16-24-15-18)19-6-8-21(9-7-19)25-11-2-1-4-17-5-3-10-23-14-17/h3,5-10,12,14-16H,1-2,4,11H2. The van der Waals surface area contributed by atoms with Crippen LogP contribution < -0.4 is 4.74 Å². The van der Waals surface area contributed by atoms with E-state index >= 15 is 0 Å². The quantitative estimate of drug-likeness (QED) is 0.602. The van der Waals surface area contributed by atoms with E-state index < -0.39 is 0 Å². The molecule has 0 fully saturated rings. The fourth-order valence-electron chi connectivity index (χ4n) is 2.57. The Hall–Kier alpha value is -3.19. The smallest absolute Gasteiger partial charge is 0.119 e. The molecule has 4 heteroatoms. The summed E-state index contributed by atoms with van der Waals surface area (Å²) in [7, 11) is 0. The number of hydrogen-bond donors (Lipinski definition) is 0. The second kappa shape index (κ2) is 8.60. The molecule has 0 saturated carbocycles. The van der Waals surface area contributed by atoms with Gasteiger partial charge in [0, 0.05) is 30.4 Å². The first-order valence-electron chi connectivity index (χ1n) is 8.32. The molecule has 0 aliphatic rings. The van der Waals surface area contributed by atoms with E-state index in [9.17, 15) is 0 Å². The van der Waals surface area contributed by atoms with Crippen LogP contribution in [-0.2, 0) is 6.42 Å². The van der Waals surface area contributed by atoms with Gasteiger partial charge in [0.1, 0.15) is 11.8 Å². The molecule has 0 radical (unpaired) electrons. The first kappa shape index (κ1) is 16.7. The van der Waals surface area contributed by atoms with Crippen molar-refractivity contribution < 1.29 is 4.74 Å². The maximum atomic E-state index is 8.95. The van der Waals surface area contributed by atoms with Crippen molar-refractivity contribution >= 4 is 0 Å². The van der Waals surface area contributed by atoms with Crippen LogP contribution in [0.4, 0.5) is 0 Å². The Bertz CT molecular complexity index is 839. The summed E-state index contributed by atoms with van der Waals surface area (Å²) in [6.45, 7) is 0.699. The van der Waals surface area contributed by atoms with Gasteiger partial charge in [-0.1, -0.05) is 18.2 Å². The minimum atomic E-state index is 0.562. The van der Waals surface area contributed by atoms with Crippen LogP contribution in [0.1, 0.15) is 24.0 Å². The van der Waals surface area contributed by atoms with Crippen LogP contribution in [0.3, 0.4) is 0 Å². The Balaban J connectivity index is 1.47. The third kappa shape index (κ3) is 4.89. The molecule has 0 atom stereocenters. The number of pyridine rings is 2. The molecule has 0 bridgehead atoms. The van der Waals surface area contributed by atoms with Gasteiger partial charge in [-0.05, 0) is 54.7 Å². The molecule has 4 nitrogen and oxygen atoms in total. The average molecular weight is 329 g/mol. The summed E-state index contributed by atoms with van der Waals surface area (Å²) in [5, 5.41) is 8.95. The molecule has 0 unspecified atom stereocenters. The largest absolute Gasteiger partial charge is 0.494 e. The summed E-state index contributed by atoms with van der Waals surface area (Å²) in [4.78, 5) is 8.21. The van der Waals surface area contributed by atoms with Crippen molar-refractivity contribution in [2.24, 2.45) is 0 Å². The van der Waals surface area contributed by atoms with Gasteiger partial charge in [-0.25, -0.2) is 0 Å². The summed E-state index contributed by atoms with van der Waals surface area (Å²) in [6, 6.07) is 15.9. The van der Waals surface area contributed by atoms with E-state index in [0.717, 1.165) is 36.1 Å². The Morgan fingerprint density at radius 2 is 1.80 bits per heavy atom. The number of aryl methyl sites for hydroxylation is 1. The second-order valence-corrected chi connectivity index (χ2v) is 5.77. The average Bonchev–Trinajstić information content (AvgIpc) is 2.69. The first-order chi connectivity index (χ1) is 12.3. The lowest BCUT2D eigenvalue weighted by molar-refractivity contribution is 0.307. The lowest BCUT2D eigenvalue weighted by atomic mass is 10.1. The van der Waals surface area contributed by atoms with Gasteiger partial charge in [0.15, 0.2) is 0 Å². The number of hydrogen-bond acceptors (Lipinski definition) is 4. The third-order valence-electron chi connectivity index (χ3n) is 3.91. The molecule has 2 heterocycles. The zero-order chi connectivity index (χ0) is 17.3. The van der Waals surface area contributed by atoms with Crippen LogP contribution in [0.15, 0.2) is 67.3 Å². The number of ether oxygens (including phenoxy) is 1. The van der Waals surface area contributed by atoms with Crippen molar-refractivity contribution in [3.05, 3.63) is 78.4 Å². The molecule has 0 N–H and O–H groups in total. The molecule has 3 rings (SSSR count). The molecule has 3 aromatic rings. The van der Waals surface area contributed by atoms with Crippen molar-refractivity contribution in [2.45, 2.75) is 19.3 Å². The normalized spacial score (nSPS) is 10.2. The van der Waals surface area contributed by atoms with E-state index in [4.69, 9.17) is 10.00 Å². The molecule has 2 aromatic heterocycles. The van der Waals surface area contributed by atoms with E-state index in [1.807, 2.05) is 42.6 Å². The summed E-state index contributed by atoms with van der Waals surface area (Å²) < 4.78 is 5.80. The fraction of sp³-hybridized carbons (Fsp3) is 0.190. The van der Waals surface area contributed by atoms with Crippen molar-refractivity contribution in [1.29, 1.82) is 5.26 Å². The zero-order valence-electron chi connectivity index (χ0n) is 13.9. The Kier molecular flexibility index (Phi) is 5.73. The van der Waals surface area contributed by atoms with E-state index in [1.165, 1.54) is 5.56 Å². The molecule has 124 valence electrons. The van der Waals surface area contributed by atoms with Crippen molar-refractivity contribution in [2.75, 3.05) is 6.61 Å². The van der Waals surface area contributed by atoms with Crippen molar-refractivity contribution in [3.8, 4) is 22.9 Å². The van der Waals surface area contributed by atoms with Crippen LogP contribution in [0.2, 0.25) is 0 Å². The number of rotatable bonds is 7. The summed E-state index contributed by atoms with van der Waals surface area (Å²) in [6.07, 6.45) is 10.1. The summed E-state index contributed by atoms with van der Waals surface area (Å²) >= 11 is 0. The van der Waals surface area contributed by atoms with Crippen LogP contribution in [0.5, 0.6) is 5.75 Å². The predicted octanol–water partition coefficient (Wildman–Crippen LogP) is 4.42. The lowest BCUT2D eigenvalue weighted by Crippen LogP contribution is -1.98. The lowest BCUT2D eigenvalue weighted by Gasteiger charge is -2.07. The topological polar surface area (TPSA) is 58.8 Å². The zero-order valence-corrected chi connectivity index (χ0v) is 13.9. The number of unbranched alkanes of at least 4 members (excludes halogenated alkanes) is 1. The predicted molar refractivity (Wildman–Crippen MR) is 97.1 cm³/mol. The van der Waals surface area contributed by atoms with E-state index in [1.54, 1.807) is 18.6 Å². The van der Waals surface area contributed by atoms with Crippen molar-refractivity contribution in [3.63, 3.8) is 0 Å². The molecular formula is C21H19N3O. The van der Waals surface area contributed by atoms with Crippen LogP contribution in [0, 0.1) is 11.3 Å². The van der Waals surface area contributed by atoms with E-state index in [-0.39, 0.29) is 0 Å². The van der Waals surface area contributed by atoms with Gasteiger partial charge in [0.2, 0.25) is 0 Å². The molecule has 0 aliphatic heterocycles. The summed E-state index contributed by atoms with van der Waals surface area (Å²) in [5.74, 6) is 0.856. The van der Waals surface area contributed by atoms with Gasteiger partial charge in [-0.3, -0.25) is 9.97 Å². The highest BCUT2D eigenvalue weighted by Gasteiger charge is 2.01. The fourth-order valence-corrected chi connectivity index (χ4v) is 2.57. The molecule has 1 aromatic carbocycles. The number of benzene rings is 1. The van der Waals surface area contributed by atoms with Crippen LogP contribution in [0.25, 0.3) is 11.1 Å². The van der Waals surface area contributed by atoms with Gasteiger partial charge < -0.3 is 4.74 Å². The minimum Gasteiger partial charge on any atom is -0.494 e. The molecule has 25 heavy (non-hydrogen) atoms. The van der Waals surface area contributed by atoms with Gasteiger partial charge in [-0.15, -0.1) is 0 Å². The molecule has 0 saturated heterocycles. The SMILES string of the molecule is N#Cc1cncc(-c2ccc(OCCCCc3cccnc3)cc2)c1. The van der Waals surface area contributed by atoms with Gasteiger partial charge in [0.25, 0.3) is 0 Å². The number of nitriles is 1. The Labute approximate surface area is 147 Å². The highest BCUT2D eigenvalue weighted by Crippen LogP contribution is 2.22.